The van der Waals surface area contributed by atoms with Gasteiger partial charge in [-0.1, -0.05) is 30.3 Å². The average Bonchev–Trinajstić information content (AvgIpc) is 3.69. The van der Waals surface area contributed by atoms with E-state index in [4.69, 9.17) is 0 Å². The van der Waals surface area contributed by atoms with Gasteiger partial charge in [0.1, 0.15) is 5.54 Å². The van der Waals surface area contributed by atoms with Crippen LogP contribution in [0.3, 0.4) is 0 Å². The van der Waals surface area contributed by atoms with Crippen LogP contribution >= 0.6 is 0 Å². The lowest BCUT2D eigenvalue weighted by molar-refractivity contribution is -0.138. The van der Waals surface area contributed by atoms with Crippen LogP contribution < -0.4 is 10.6 Å². The largest absolute Gasteiger partial charge is 0.416 e. The van der Waals surface area contributed by atoms with Crippen LogP contribution in [0.5, 0.6) is 0 Å². The van der Waals surface area contributed by atoms with E-state index in [1.807, 2.05) is 12.1 Å². The molecule has 0 bridgehead atoms. The SMILES string of the molecule is O=C(NCc1ccccc1C(F)(F)F)C1(Nc2cccc3c2CCN(CC2CC2)C3)CC1. The number of carbonyl (C=O) groups is 1. The first-order valence-corrected chi connectivity index (χ1v) is 11.4. The number of rotatable bonds is 7. The molecule has 0 atom stereocenters. The fourth-order valence-electron chi connectivity index (χ4n) is 4.69. The summed E-state index contributed by atoms with van der Waals surface area (Å²) < 4.78 is 39.7. The van der Waals surface area contributed by atoms with Crippen LogP contribution in [0.4, 0.5) is 18.9 Å². The molecule has 2 aromatic carbocycles. The summed E-state index contributed by atoms with van der Waals surface area (Å²) in [6.45, 7) is 2.99. The molecule has 2 saturated carbocycles. The van der Waals surface area contributed by atoms with Gasteiger partial charge in [-0.2, -0.15) is 13.2 Å². The number of nitrogens with zero attached hydrogens (tertiary/aromatic N) is 1. The van der Waals surface area contributed by atoms with Crippen LogP contribution in [-0.4, -0.2) is 29.4 Å². The van der Waals surface area contributed by atoms with E-state index in [0.717, 1.165) is 37.2 Å². The maximum Gasteiger partial charge on any atom is 0.416 e. The maximum absolute atomic E-state index is 13.2. The monoisotopic (exact) mass is 443 g/mol. The molecule has 3 aliphatic rings. The van der Waals surface area contributed by atoms with Gasteiger partial charge in [-0.15, -0.1) is 0 Å². The standard InChI is InChI=1S/C25H28F3N3O/c26-25(27,28)21-6-2-1-4-18(21)14-29-23(32)24(11-12-24)30-22-7-3-5-19-16-31(13-10-20(19)22)15-17-8-9-17/h1-7,17,30H,8-16H2,(H,29,32). The highest BCUT2D eigenvalue weighted by Gasteiger charge is 2.50. The summed E-state index contributed by atoms with van der Waals surface area (Å²) in [5, 5.41) is 6.19. The smallest absolute Gasteiger partial charge is 0.371 e. The predicted octanol–water partition coefficient (Wildman–Crippen LogP) is 4.73. The van der Waals surface area contributed by atoms with Gasteiger partial charge in [0, 0.05) is 31.9 Å². The van der Waals surface area contributed by atoms with E-state index in [9.17, 15) is 18.0 Å². The predicted molar refractivity (Wildman–Crippen MR) is 117 cm³/mol. The van der Waals surface area contributed by atoms with Crippen molar-refractivity contribution >= 4 is 11.6 Å². The molecule has 32 heavy (non-hydrogen) atoms. The Morgan fingerprint density at radius 3 is 2.59 bits per heavy atom. The van der Waals surface area contributed by atoms with E-state index < -0.39 is 17.3 Å². The number of fused-ring (bicyclic) bond motifs is 1. The highest BCUT2D eigenvalue weighted by atomic mass is 19.4. The van der Waals surface area contributed by atoms with E-state index in [2.05, 4.69) is 21.6 Å². The molecule has 1 heterocycles. The highest BCUT2D eigenvalue weighted by molar-refractivity contribution is 5.92. The molecule has 0 aromatic heterocycles. The first-order chi connectivity index (χ1) is 15.3. The van der Waals surface area contributed by atoms with Crippen LogP contribution in [0.1, 0.15) is 47.9 Å². The van der Waals surface area contributed by atoms with Crippen LogP contribution in [0.25, 0.3) is 0 Å². The van der Waals surface area contributed by atoms with E-state index in [1.54, 1.807) is 6.07 Å². The lowest BCUT2D eigenvalue weighted by atomic mass is 9.97. The Bertz CT molecular complexity index is 1010. The third kappa shape index (κ3) is 4.49. The first kappa shape index (κ1) is 21.3. The summed E-state index contributed by atoms with van der Waals surface area (Å²) in [6, 6.07) is 11.6. The number of benzene rings is 2. The molecule has 2 fully saturated rings. The molecule has 0 spiro atoms. The van der Waals surface area contributed by atoms with Gasteiger partial charge in [-0.25, -0.2) is 0 Å². The molecule has 4 nitrogen and oxygen atoms in total. The van der Waals surface area contributed by atoms with Gasteiger partial charge in [-0.3, -0.25) is 9.69 Å². The molecule has 2 aromatic rings. The molecule has 0 saturated heterocycles. The molecular weight excluding hydrogens is 415 g/mol. The molecule has 0 radical (unpaired) electrons. The normalized spacial score (nSPS) is 19.8. The van der Waals surface area contributed by atoms with Gasteiger partial charge in [0.15, 0.2) is 0 Å². The van der Waals surface area contributed by atoms with Gasteiger partial charge >= 0.3 is 6.18 Å². The summed E-state index contributed by atoms with van der Waals surface area (Å²) in [5.74, 6) is 0.622. The van der Waals surface area contributed by atoms with Crippen LogP contribution in [0.15, 0.2) is 42.5 Å². The summed E-state index contributed by atoms with van der Waals surface area (Å²) in [4.78, 5) is 15.5. The lowest BCUT2D eigenvalue weighted by Gasteiger charge is -2.31. The van der Waals surface area contributed by atoms with Crippen molar-refractivity contribution in [2.75, 3.05) is 18.4 Å². The van der Waals surface area contributed by atoms with Gasteiger partial charge in [0.2, 0.25) is 5.91 Å². The van der Waals surface area contributed by atoms with Gasteiger partial charge in [0.05, 0.1) is 5.56 Å². The molecule has 5 rings (SSSR count). The number of carbonyl (C=O) groups excluding carboxylic acids is 1. The minimum atomic E-state index is -4.44. The Morgan fingerprint density at radius 2 is 1.88 bits per heavy atom. The molecule has 1 aliphatic heterocycles. The Hall–Kier alpha value is -2.54. The Morgan fingerprint density at radius 1 is 1.09 bits per heavy atom. The zero-order valence-electron chi connectivity index (χ0n) is 18.0. The number of nitrogens with one attached hydrogen (secondary N) is 2. The number of hydrogen-bond acceptors (Lipinski definition) is 3. The molecular formula is C25H28F3N3O. The molecule has 2 N–H and O–H groups in total. The first-order valence-electron chi connectivity index (χ1n) is 11.4. The fraction of sp³-hybridized carbons (Fsp3) is 0.480. The minimum absolute atomic E-state index is 0.0806. The third-order valence-electron chi connectivity index (χ3n) is 6.88. The Kier molecular flexibility index (Phi) is 5.40. The van der Waals surface area contributed by atoms with Crippen LogP contribution in [-0.2, 0) is 30.5 Å². The minimum Gasteiger partial charge on any atom is -0.371 e. The van der Waals surface area contributed by atoms with Gasteiger partial charge in [0.25, 0.3) is 0 Å². The highest BCUT2D eigenvalue weighted by Crippen LogP contribution is 2.41. The molecule has 7 heteroatoms. The van der Waals surface area contributed by atoms with Crippen molar-refractivity contribution in [3.8, 4) is 0 Å². The number of halogens is 3. The average molecular weight is 444 g/mol. The molecule has 2 aliphatic carbocycles. The van der Waals surface area contributed by atoms with Crippen molar-refractivity contribution in [1.29, 1.82) is 0 Å². The van der Waals surface area contributed by atoms with E-state index in [1.165, 1.54) is 42.6 Å². The zero-order chi connectivity index (χ0) is 22.3. The van der Waals surface area contributed by atoms with Crippen molar-refractivity contribution < 1.29 is 18.0 Å². The number of hydrogen-bond donors (Lipinski definition) is 2. The van der Waals surface area contributed by atoms with Crippen molar-refractivity contribution in [2.45, 2.75) is 56.9 Å². The van der Waals surface area contributed by atoms with E-state index in [0.29, 0.717) is 12.8 Å². The van der Waals surface area contributed by atoms with Crippen molar-refractivity contribution in [2.24, 2.45) is 5.92 Å². The third-order valence-corrected chi connectivity index (χ3v) is 6.88. The molecule has 170 valence electrons. The second kappa shape index (κ2) is 8.10. The van der Waals surface area contributed by atoms with E-state index >= 15 is 0 Å². The second-order valence-electron chi connectivity index (χ2n) is 9.42. The van der Waals surface area contributed by atoms with Crippen LogP contribution in [0, 0.1) is 5.92 Å². The lowest BCUT2D eigenvalue weighted by Crippen LogP contribution is -2.42. The summed E-state index contributed by atoms with van der Waals surface area (Å²) in [6.07, 6.45) is 0.551. The number of alkyl halides is 3. The summed E-state index contributed by atoms with van der Waals surface area (Å²) in [7, 11) is 0. The fourth-order valence-corrected chi connectivity index (χ4v) is 4.69. The Balaban J connectivity index is 1.25. The topological polar surface area (TPSA) is 44.4 Å². The summed E-state index contributed by atoms with van der Waals surface area (Å²) >= 11 is 0. The molecule has 1 amide bonds. The van der Waals surface area contributed by atoms with Gasteiger partial charge in [-0.05, 0) is 66.8 Å². The van der Waals surface area contributed by atoms with E-state index in [-0.39, 0.29) is 18.0 Å². The second-order valence-corrected chi connectivity index (χ2v) is 9.42. The number of amides is 1. The van der Waals surface area contributed by atoms with Crippen molar-refractivity contribution in [1.82, 2.24) is 10.2 Å². The molecule has 0 unspecified atom stereocenters. The number of anilines is 1. The Labute approximate surface area is 186 Å². The summed E-state index contributed by atoms with van der Waals surface area (Å²) in [5.41, 5.74) is 2.20. The zero-order valence-corrected chi connectivity index (χ0v) is 18.0. The van der Waals surface area contributed by atoms with Gasteiger partial charge < -0.3 is 10.6 Å². The maximum atomic E-state index is 13.2. The van der Waals surface area contributed by atoms with Crippen LogP contribution in [0.2, 0.25) is 0 Å². The van der Waals surface area contributed by atoms with Crippen molar-refractivity contribution in [3.63, 3.8) is 0 Å². The quantitative estimate of drug-likeness (QED) is 0.650. The van der Waals surface area contributed by atoms with Crippen molar-refractivity contribution in [3.05, 3.63) is 64.7 Å².